The highest BCUT2D eigenvalue weighted by molar-refractivity contribution is 7.99. The predicted octanol–water partition coefficient (Wildman–Crippen LogP) is 6.25. The molecule has 0 N–H and O–H groups in total. The molecule has 1 saturated heterocycles. The zero-order chi connectivity index (χ0) is 26.7. The first-order valence-electron chi connectivity index (χ1n) is 12.6. The Morgan fingerprint density at radius 2 is 1.84 bits per heavy atom. The molecule has 1 aliphatic carbocycles. The number of piperidine rings is 1. The number of halogens is 4. The van der Waals surface area contributed by atoms with Crippen molar-refractivity contribution in [3.05, 3.63) is 71.2 Å². The quantitative estimate of drug-likeness (QED) is 0.157. The van der Waals surface area contributed by atoms with Gasteiger partial charge in [0.2, 0.25) is 0 Å². The topological polar surface area (TPSA) is 46.8 Å². The molecular formula is C28H27F4N5S. The molecular weight excluding hydrogens is 514 g/mol. The van der Waals surface area contributed by atoms with Gasteiger partial charge >= 0.3 is 6.18 Å². The van der Waals surface area contributed by atoms with Crippen molar-refractivity contribution in [2.45, 2.75) is 36.5 Å². The first-order chi connectivity index (χ1) is 18.2. The molecule has 3 heterocycles. The van der Waals surface area contributed by atoms with Crippen LogP contribution in [0.25, 0.3) is 22.3 Å². The van der Waals surface area contributed by atoms with E-state index in [2.05, 4.69) is 20.1 Å². The summed E-state index contributed by atoms with van der Waals surface area (Å²) in [6.07, 6.45) is -2.28. The Morgan fingerprint density at radius 1 is 1.05 bits per heavy atom. The van der Waals surface area contributed by atoms with Crippen LogP contribution in [0, 0.1) is 18.7 Å². The Balaban J connectivity index is 1.06. The molecule has 2 fully saturated rings. The summed E-state index contributed by atoms with van der Waals surface area (Å²) >= 11 is 1.63. The van der Waals surface area contributed by atoms with E-state index in [0.29, 0.717) is 22.6 Å². The number of thioether (sulfide) groups is 1. The maximum atomic E-state index is 14.4. The molecule has 1 aliphatic heterocycles. The van der Waals surface area contributed by atoms with E-state index in [-0.39, 0.29) is 11.2 Å². The second-order valence-corrected chi connectivity index (χ2v) is 11.4. The smallest absolute Gasteiger partial charge is 0.305 e. The molecule has 0 spiro atoms. The molecule has 198 valence electrons. The van der Waals surface area contributed by atoms with Gasteiger partial charge in [0.25, 0.3) is 0 Å². The summed E-state index contributed by atoms with van der Waals surface area (Å²) in [5.74, 6) is 1.70. The number of benzene rings is 2. The highest BCUT2D eigenvalue weighted by atomic mass is 32.2. The number of aryl methyl sites for hydroxylation is 1. The normalized spacial score (nSPS) is 21.3. The van der Waals surface area contributed by atoms with Crippen LogP contribution >= 0.6 is 11.8 Å². The Hall–Kier alpha value is -2.98. The highest BCUT2D eigenvalue weighted by Crippen LogP contribution is 2.59. The lowest BCUT2D eigenvalue weighted by atomic mass is 9.94. The summed E-state index contributed by atoms with van der Waals surface area (Å²) < 4.78 is 55.1. The number of hydrogen-bond donors (Lipinski definition) is 0. The number of rotatable bonds is 7. The van der Waals surface area contributed by atoms with Crippen LogP contribution in [0.1, 0.15) is 29.7 Å². The maximum Gasteiger partial charge on any atom is 0.416 e. The van der Waals surface area contributed by atoms with E-state index >= 15 is 0 Å². The highest BCUT2D eigenvalue weighted by Gasteiger charge is 2.60. The molecule has 10 heteroatoms. The van der Waals surface area contributed by atoms with Crippen LogP contribution in [0.15, 0.2) is 53.7 Å². The Bertz CT molecular complexity index is 1500. The van der Waals surface area contributed by atoms with Crippen LogP contribution in [0.4, 0.5) is 17.6 Å². The zero-order valence-electron chi connectivity index (χ0n) is 21.1. The van der Waals surface area contributed by atoms with Gasteiger partial charge in [-0.1, -0.05) is 30.0 Å². The third kappa shape index (κ3) is 4.47. The van der Waals surface area contributed by atoms with E-state index in [0.717, 1.165) is 60.2 Å². The van der Waals surface area contributed by atoms with E-state index in [9.17, 15) is 17.6 Å². The number of aromatic nitrogens is 4. The van der Waals surface area contributed by atoms with Crippen molar-refractivity contribution in [1.82, 2.24) is 24.6 Å². The summed E-state index contributed by atoms with van der Waals surface area (Å²) in [6.45, 7) is 4.66. The Kier molecular flexibility index (Phi) is 6.22. The van der Waals surface area contributed by atoms with Gasteiger partial charge in [0.05, 0.1) is 5.56 Å². The molecule has 0 bridgehead atoms. The summed E-state index contributed by atoms with van der Waals surface area (Å²) in [5, 5.41) is 10.3. The molecule has 2 aliphatic rings. The van der Waals surface area contributed by atoms with E-state index in [4.69, 9.17) is 0 Å². The monoisotopic (exact) mass is 541 g/mol. The second-order valence-electron chi connectivity index (χ2n) is 10.4. The lowest BCUT2D eigenvalue weighted by Crippen LogP contribution is -2.28. The van der Waals surface area contributed by atoms with Crippen LogP contribution in [0.2, 0.25) is 0 Å². The van der Waals surface area contributed by atoms with Gasteiger partial charge < -0.3 is 9.47 Å². The summed E-state index contributed by atoms with van der Waals surface area (Å²) in [4.78, 5) is 6.78. The minimum atomic E-state index is -4.30. The fourth-order valence-corrected chi connectivity index (χ4v) is 6.63. The number of alkyl halides is 3. The summed E-state index contributed by atoms with van der Waals surface area (Å²) in [7, 11) is 1.91. The average molecular weight is 542 g/mol. The number of fused-ring (bicyclic) bond motifs is 2. The molecule has 2 aromatic carbocycles. The van der Waals surface area contributed by atoms with Crippen molar-refractivity contribution in [1.29, 1.82) is 0 Å². The van der Waals surface area contributed by atoms with Gasteiger partial charge in [-0.15, -0.1) is 10.2 Å². The molecule has 2 aromatic heterocycles. The van der Waals surface area contributed by atoms with E-state index in [1.807, 2.05) is 30.7 Å². The van der Waals surface area contributed by atoms with Crippen molar-refractivity contribution in [3.8, 4) is 11.4 Å². The van der Waals surface area contributed by atoms with Gasteiger partial charge in [0.1, 0.15) is 11.3 Å². The third-order valence-corrected chi connectivity index (χ3v) is 8.98. The Morgan fingerprint density at radius 3 is 2.61 bits per heavy atom. The largest absolute Gasteiger partial charge is 0.416 e. The van der Waals surface area contributed by atoms with Gasteiger partial charge in [-0.25, -0.2) is 4.39 Å². The number of hydrogen-bond acceptors (Lipinski definition) is 5. The SMILES string of the molecule is Cc1ccc2c(-c3nnc(SCCCN4C[C@@H]5C[C@]5(c5ccc(C(F)(F)F)cc5)C4)n3C)ccc(F)c2n1. The molecule has 0 amide bonds. The molecule has 5 nitrogen and oxygen atoms in total. The van der Waals surface area contributed by atoms with Crippen LogP contribution in [0.5, 0.6) is 0 Å². The van der Waals surface area contributed by atoms with E-state index in [1.165, 1.54) is 18.2 Å². The lowest BCUT2D eigenvalue weighted by molar-refractivity contribution is -0.137. The van der Waals surface area contributed by atoms with Crippen LogP contribution in [-0.4, -0.2) is 50.0 Å². The first kappa shape index (κ1) is 25.3. The molecule has 0 radical (unpaired) electrons. The van der Waals surface area contributed by atoms with Gasteiger partial charge in [0, 0.05) is 47.9 Å². The third-order valence-electron chi connectivity index (χ3n) is 7.88. The van der Waals surface area contributed by atoms with Crippen molar-refractivity contribution >= 4 is 22.7 Å². The minimum absolute atomic E-state index is 0.0150. The predicted molar refractivity (Wildman–Crippen MR) is 139 cm³/mol. The lowest BCUT2D eigenvalue weighted by Gasteiger charge is -2.21. The van der Waals surface area contributed by atoms with Gasteiger partial charge in [-0.05, 0) is 68.1 Å². The van der Waals surface area contributed by atoms with Crippen molar-refractivity contribution in [3.63, 3.8) is 0 Å². The number of likely N-dealkylation sites (tertiary alicyclic amines) is 1. The van der Waals surface area contributed by atoms with E-state index < -0.39 is 11.7 Å². The number of nitrogens with zero attached hydrogens (tertiary/aromatic N) is 5. The molecule has 2 atom stereocenters. The molecule has 0 unspecified atom stereocenters. The average Bonchev–Trinajstić information content (AvgIpc) is 3.27. The Labute approximate surface area is 222 Å². The fraction of sp³-hybridized carbons (Fsp3) is 0.393. The zero-order valence-corrected chi connectivity index (χ0v) is 21.9. The van der Waals surface area contributed by atoms with Gasteiger partial charge in [-0.3, -0.25) is 4.98 Å². The van der Waals surface area contributed by atoms with Crippen molar-refractivity contribution in [2.24, 2.45) is 13.0 Å². The first-order valence-corrected chi connectivity index (χ1v) is 13.6. The number of pyridine rings is 1. The molecule has 4 aromatic rings. The fourth-order valence-electron chi connectivity index (χ4n) is 5.80. The molecule has 1 saturated carbocycles. The van der Waals surface area contributed by atoms with Crippen molar-refractivity contribution in [2.75, 3.05) is 25.4 Å². The van der Waals surface area contributed by atoms with Crippen LogP contribution in [0.3, 0.4) is 0 Å². The van der Waals surface area contributed by atoms with Crippen LogP contribution in [-0.2, 0) is 18.6 Å². The molecule has 38 heavy (non-hydrogen) atoms. The van der Waals surface area contributed by atoms with Crippen molar-refractivity contribution < 1.29 is 17.6 Å². The van der Waals surface area contributed by atoms with Gasteiger partial charge in [0.15, 0.2) is 11.0 Å². The summed E-state index contributed by atoms with van der Waals surface area (Å²) in [5.41, 5.74) is 2.33. The van der Waals surface area contributed by atoms with Gasteiger partial charge in [-0.2, -0.15) is 13.2 Å². The standard InChI is InChI=1S/C28H27F4N5S/c1-17-4-9-21-22(10-11-23(29)24(21)33-17)25-34-35-26(36(25)2)38-13-3-12-37-15-20-14-27(20,16-37)18-5-7-19(8-6-18)28(30,31)32/h4-11,20H,3,12-16H2,1-2H3/t20-,27+/m0/s1. The van der Waals surface area contributed by atoms with E-state index in [1.54, 1.807) is 30.0 Å². The minimum Gasteiger partial charge on any atom is -0.305 e. The molecule has 6 rings (SSSR count). The maximum absolute atomic E-state index is 14.4. The van der Waals surface area contributed by atoms with Crippen LogP contribution < -0.4 is 0 Å². The summed E-state index contributed by atoms with van der Waals surface area (Å²) in [6, 6.07) is 12.6. The second kappa shape index (κ2) is 9.34.